The molecule has 2 saturated carbocycles. The molecule has 1 heterocycles. The number of ether oxygens (including phenoxy) is 2. The Morgan fingerprint density at radius 1 is 1.33 bits per heavy atom. The van der Waals surface area contributed by atoms with Gasteiger partial charge in [-0.15, -0.1) is 0 Å². The summed E-state index contributed by atoms with van der Waals surface area (Å²) in [5, 5.41) is 4.75. The molecule has 2 atom stereocenters. The van der Waals surface area contributed by atoms with Crippen molar-refractivity contribution in [3.8, 4) is 0 Å². The van der Waals surface area contributed by atoms with Crippen molar-refractivity contribution in [3.63, 3.8) is 0 Å². The molecule has 3 fully saturated rings. The molecular weight excluding hydrogens is 250 g/mol. The molecule has 2 unspecified atom stereocenters. The number of nitrogens with one attached hydrogen (secondary N) is 1. The van der Waals surface area contributed by atoms with Gasteiger partial charge in [0, 0.05) is 11.3 Å². The fourth-order valence-electron chi connectivity index (χ4n) is 2.87. The molecule has 2 aliphatic carbocycles. The summed E-state index contributed by atoms with van der Waals surface area (Å²) in [6, 6.07) is 0.542. The summed E-state index contributed by atoms with van der Waals surface area (Å²) in [6.45, 7) is 1.75. The Morgan fingerprint density at radius 2 is 2.11 bits per heavy atom. The van der Waals surface area contributed by atoms with Crippen molar-refractivity contribution in [1.82, 2.24) is 5.32 Å². The predicted molar refractivity (Wildman–Crippen MR) is 70.7 cm³/mol. The Bertz CT molecular complexity index is 330. The lowest BCUT2D eigenvalue weighted by molar-refractivity contribution is -0.148. The third kappa shape index (κ3) is 2.53. The van der Waals surface area contributed by atoms with E-state index < -0.39 is 5.54 Å². The largest absolute Gasteiger partial charge is 0.468 e. The highest BCUT2D eigenvalue weighted by atomic mass is 32.2. The van der Waals surface area contributed by atoms with Crippen molar-refractivity contribution in [2.24, 2.45) is 0 Å². The van der Waals surface area contributed by atoms with E-state index in [1.54, 1.807) is 0 Å². The van der Waals surface area contributed by atoms with Gasteiger partial charge in [0.15, 0.2) is 0 Å². The van der Waals surface area contributed by atoms with Crippen LogP contribution in [0.3, 0.4) is 0 Å². The lowest BCUT2D eigenvalue weighted by Crippen LogP contribution is -2.52. The van der Waals surface area contributed by atoms with Gasteiger partial charge in [-0.05, 0) is 32.1 Å². The summed E-state index contributed by atoms with van der Waals surface area (Å²) >= 11 is 2.00. The molecule has 0 bridgehead atoms. The van der Waals surface area contributed by atoms with Crippen LogP contribution in [0.1, 0.15) is 32.1 Å². The first kappa shape index (κ1) is 12.8. The quantitative estimate of drug-likeness (QED) is 0.765. The summed E-state index contributed by atoms with van der Waals surface area (Å²) in [4.78, 5) is 12.1. The molecule has 0 amide bonds. The van der Waals surface area contributed by atoms with E-state index in [0.29, 0.717) is 16.5 Å². The zero-order chi connectivity index (χ0) is 12.6. The molecule has 18 heavy (non-hydrogen) atoms. The summed E-state index contributed by atoms with van der Waals surface area (Å²) in [6.07, 6.45) is 5.34. The highest BCUT2D eigenvalue weighted by Gasteiger charge is 2.49. The van der Waals surface area contributed by atoms with Gasteiger partial charge in [-0.3, -0.25) is 10.1 Å². The van der Waals surface area contributed by atoms with Crippen LogP contribution >= 0.6 is 11.8 Å². The van der Waals surface area contributed by atoms with E-state index in [2.05, 4.69) is 5.32 Å². The summed E-state index contributed by atoms with van der Waals surface area (Å²) in [7, 11) is 1.50. The van der Waals surface area contributed by atoms with Gasteiger partial charge >= 0.3 is 5.97 Å². The maximum atomic E-state index is 12.1. The van der Waals surface area contributed by atoms with Crippen LogP contribution in [0, 0.1) is 0 Å². The smallest absolute Gasteiger partial charge is 0.326 e. The normalized spacial score (nSPS) is 36.4. The molecule has 1 saturated heterocycles. The van der Waals surface area contributed by atoms with E-state index in [0.717, 1.165) is 32.5 Å². The second-order valence-electron chi connectivity index (χ2n) is 5.65. The van der Waals surface area contributed by atoms with Gasteiger partial charge < -0.3 is 9.47 Å². The third-order valence-corrected chi connectivity index (χ3v) is 5.54. The van der Waals surface area contributed by atoms with Crippen LogP contribution in [0.2, 0.25) is 0 Å². The van der Waals surface area contributed by atoms with E-state index in [1.807, 2.05) is 11.8 Å². The second kappa shape index (κ2) is 5.02. The first-order valence-electron chi connectivity index (χ1n) is 6.81. The van der Waals surface area contributed by atoms with E-state index >= 15 is 0 Å². The minimum absolute atomic E-state index is 0.0673. The van der Waals surface area contributed by atoms with Crippen LogP contribution in [0.15, 0.2) is 0 Å². The molecule has 0 aromatic heterocycles. The molecule has 1 aliphatic heterocycles. The Labute approximate surface area is 112 Å². The predicted octanol–water partition coefficient (Wildman–Crippen LogP) is 1.33. The van der Waals surface area contributed by atoms with E-state index in [1.165, 1.54) is 20.0 Å². The zero-order valence-electron chi connectivity index (χ0n) is 10.8. The average Bonchev–Trinajstić information content (AvgIpc) is 3.02. The third-order valence-electron chi connectivity index (χ3n) is 4.10. The zero-order valence-corrected chi connectivity index (χ0v) is 11.6. The van der Waals surface area contributed by atoms with E-state index in [9.17, 15) is 4.79 Å². The number of esters is 1. The second-order valence-corrected chi connectivity index (χ2v) is 7.26. The average molecular weight is 271 g/mol. The molecule has 102 valence electrons. The molecule has 4 nitrogen and oxygen atoms in total. The molecular formula is C13H21NO3S. The van der Waals surface area contributed by atoms with Crippen molar-refractivity contribution in [2.45, 2.75) is 54.2 Å². The standard InChI is InChI=1S/C13H21NO3S/c1-16-12(15)13(14-9-2-3-9)5-4-10(6-13)18-11-7-17-8-11/h9-11,14H,2-8H2,1H3. The van der Waals surface area contributed by atoms with Gasteiger partial charge in [0.2, 0.25) is 0 Å². The Hall–Kier alpha value is -0.260. The van der Waals surface area contributed by atoms with Crippen LogP contribution in [0.4, 0.5) is 0 Å². The first-order valence-corrected chi connectivity index (χ1v) is 7.75. The van der Waals surface area contributed by atoms with Gasteiger partial charge in [0.05, 0.1) is 25.6 Å². The molecule has 0 spiro atoms. The summed E-state index contributed by atoms with van der Waals surface area (Å²) in [5.41, 5.74) is -0.405. The van der Waals surface area contributed by atoms with Gasteiger partial charge in [0.25, 0.3) is 0 Å². The van der Waals surface area contributed by atoms with Crippen LogP contribution in [-0.2, 0) is 14.3 Å². The number of rotatable bonds is 5. The molecule has 1 N–H and O–H groups in total. The number of thioether (sulfide) groups is 1. The molecule has 0 radical (unpaired) electrons. The van der Waals surface area contributed by atoms with Crippen LogP contribution in [0.5, 0.6) is 0 Å². The number of hydrogen-bond acceptors (Lipinski definition) is 5. The maximum Gasteiger partial charge on any atom is 0.326 e. The van der Waals surface area contributed by atoms with Gasteiger partial charge in [-0.25, -0.2) is 0 Å². The number of carbonyl (C=O) groups is 1. The van der Waals surface area contributed by atoms with E-state index in [-0.39, 0.29) is 5.97 Å². The van der Waals surface area contributed by atoms with Gasteiger partial charge in [-0.2, -0.15) is 11.8 Å². The van der Waals surface area contributed by atoms with Gasteiger partial charge in [0.1, 0.15) is 5.54 Å². The Kier molecular flexibility index (Phi) is 3.56. The van der Waals surface area contributed by atoms with Crippen LogP contribution < -0.4 is 5.32 Å². The highest BCUT2D eigenvalue weighted by molar-refractivity contribution is 8.00. The van der Waals surface area contributed by atoms with E-state index in [4.69, 9.17) is 9.47 Å². The fourth-order valence-corrected chi connectivity index (χ4v) is 4.40. The minimum atomic E-state index is -0.405. The SMILES string of the molecule is COC(=O)C1(NC2CC2)CCC(SC2COC2)C1. The molecule has 3 rings (SSSR count). The van der Waals surface area contributed by atoms with Crippen LogP contribution in [-0.4, -0.2) is 48.4 Å². The molecule has 0 aromatic rings. The fraction of sp³-hybridized carbons (Fsp3) is 0.923. The van der Waals surface area contributed by atoms with Gasteiger partial charge in [-0.1, -0.05) is 0 Å². The Morgan fingerprint density at radius 3 is 2.67 bits per heavy atom. The van der Waals surface area contributed by atoms with Crippen LogP contribution in [0.25, 0.3) is 0 Å². The summed E-state index contributed by atoms with van der Waals surface area (Å²) < 4.78 is 10.2. The minimum Gasteiger partial charge on any atom is -0.468 e. The van der Waals surface area contributed by atoms with Crippen molar-refractivity contribution >= 4 is 17.7 Å². The van der Waals surface area contributed by atoms with Crippen molar-refractivity contribution in [2.75, 3.05) is 20.3 Å². The topological polar surface area (TPSA) is 47.6 Å². The lowest BCUT2D eigenvalue weighted by Gasteiger charge is -2.30. The molecule has 5 heteroatoms. The maximum absolute atomic E-state index is 12.1. The van der Waals surface area contributed by atoms with Crippen molar-refractivity contribution in [3.05, 3.63) is 0 Å². The number of methoxy groups -OCH3 is 1. The van der Waals surface area contributed by atoms with Crippen molar-refractivity contribution in [1.29, 1.82) is 0 Å². The molecule has 0 aromatic carbocycles. The number of hydrogen-bond donors (Lipinski definition) is 1. The lowest BCUT2D eigenvalue weighted by atomic mass is 9.97. The molecule has 3 aliphatic rings. The first-order chi connectivity index (χ1) is 8.72. The van der Waals surface area contributed by atoms with Crippen molar-refractivity contribution < 1.29 is 14.3 Å². The monoisotopic (exact) mass is 271 g/mol. The summed E-state index contributed by atoms with van der Waals surface area (Å²) in [5.74, 6) is -0.0673. The number of carbonyl (C=O) groups excluding carboxylic acids is 1. The highest BCUT2D eigenvalue weighted by Crippen LogP contribution is 2.42. The Balaban J connectivity index is 1.61.